The van der Waals surface area contributed by atoms with Gasteiger partial charge in [0, 0.05) is 39.3 Å². The van der Waals surface area contributed by atoms with Crippen LogP contribution in [0, 0.1) is 5.92 Å². The van der Waals surface area contributed by atoms with E-state index >= 15 is 0 Å². The third-order valence-electron chi connectivity index (χ3n) is 6.33. The molecule has 0 bridgehead atoms. The number of ether oxygens (including phenoxy) is 1. The van der Waals surface area contributed by atoms with Crippen molar-refractivity contribution in [3.05, 3.63) is 0 Å². The van der Waals surface area contributed by atoms with Crippen molar-refractivity contribution in [3.63, 3.8) is 0 Å². The number of aliphatic imine (C=N–C) groups is 1. The van der Waals surface area contributed by atoms with Gasteiger partial charge in [0.2, 0.25) is 0 Å². The number of carbonyl (C=O) groups is 1. The summed E-state index contributed by atoms with van der Waals surface area (Å²) in [7, 11) is 1.87. The Balaban J connectivity index is 1.44. The van der Waals surface area contributed by atoms with Crippen LogP contribution in [0.2, 0.25) is 0 Å². The first kappa shape index (κ1) is 23.2. The van der Waals surface area contributed by atoms with E-state index in [0.717, 1.165) is 51.4 Å². The van der Waals surface area contributed by atoms with Crippen LogP contribution in [0.25, 0.3) is 0 Å². The quantitative estimate of drug-likeness (QED) is 0.389. The number of nitrogens with one attached hydrogen (secondary N) is 1. The van der Waals surface area contributed by atoms with Crippen molar-refractivity contribution >= 4 is 12.1 Å². The fourth-order valence-electron chi connectivity index (χ4n) is 4.50. The van der Waals surface area contributed by atoms with Crippen molar-refractivity contribution in [2.24, 2.45) is 10.9 Å². The van der Waals surface area contributed by atoms with E-state index in [1.165, 1.54) is 45.3 Å². The Bertz CT molecular complexity index is 571. The highest BCUT2D eigenvalue weighted by Gasteiger charge is 2.35. The van der Waals surface area contributed by atoms with E-state index in [-0.39, 0.29) is 12.1 Å². The van der Waals surface area contributed by atoms with Crippen molar-refractivity contribution in [3.8, 4) is 0 Å². The van der Waals surface area contributed by atoms with Crippen LogP contribution in [-0.2, 0) is 4.74 Å². The first-order valence-electron chi connectivity index (χ1n) is 12.0. The van der Waals surface area contributed by atoms with Gasteiger partial charge in [-0.2, -0.15) is 0 Å². The lowest BCUT2D eigenvalue weighted by Crippen LogP contribution is -2.52. The molecule has 30 heavy (non-hydrogen) atoms. The topological polar surface area (TPSA) is 60.4 Å². The van der Waals surface area contributed by atoms with Gasteiger partial charge in [-0.15, -0.1) is 0 Å². The molecule has 2 aliphatic heterocycles. The SMILES string of the molecule is CN=C(NCCCN1CCCC1)N1CCC(N(CC2CC2)C(=O)OC(C)(C)C)CC1. The lowest BCUT2D eigenvalue weighted by molar-refractivity contribution is 0.00928. The summed E-state index contributed by atoms with van der Waals surface area (Å²) in [6.07, 6.45) is 8.15. The Morgan fingerprint density at radius 3 is 2.33 bits per heavy atom. The van der Waals surface area contributed by atoms with Crippen molar-refractivity contribution in [1.82, 2.24) is 20.0 Å². The number of carbonyl (C=O) groups excluding carboxylic acids is 1. The van der Waals surface area contributed by atoms with Crippen LogP contribution in [0.15, 0.2) is 4.99 Å². The van der Waals surface area contributed by atoms with Gasteiger partial charge in [0.25, 0.3) is 0 Å². The highest BCUT2D eigenvalue weighted by molar-refractivity contribution is 5.80. The molecule has 3 aliphatic rings. The average Bonchev–Trinajstić information content (AvgIpc) is 3.37. The summed E-state index contributed by atoms with van der Waals surface area (Å²) < 4.78 is 5.72. The van der Waals surface area contributed by atoms with E-state index in [4.69, 9.17) is 4.74 Å². The lowest BCUT2D eigenvalue weighted by atomic mass is 10.0. The molecule has 1 aliphatic carbocycles. The van der Waals surface area contributed by atoms with Crippen molar-refractivity contribution < 1.29 is 9.53 Å². The van der Waals surface area contributed by atoms with E-state index in [2.05, 4.69) is 20.1 Å². The zero-order valence-corrected chi connectivity index (χ0v) is 19.7. The molecule has 2 saturated heterocycles. The predicted octanol–water partition coefficient (Wildman–Crippen LogP) is 3.16. The van der Waals surface area contributed by atoms with Crippen LogP contribution in [-0.4, -0.2) is 91.3 Å². The second kappa shape index (κ2) is 10.7. The largest absolute Gasteiger partial charge is 0.444 e. The average molecular weight is 422 g/mol. The maximum Gasteiger partial charge on any atom is 0.410 e. The molecule has 3 rings (SSSR count). The van der Waals surface area contributed by atoms with Gasteiger partial charge >= 0.3 is 6.09 Å². The molecule has 0 atom stereocenters. The molecule has 1 N–H and O–H groups in total. The van der Waals surface area contributed by atoms with Gasteiger partial charge in [0.1, 0.15) is 5.60 Å². The monoisotopic (exact) mass is 421 g/mol. The van der Waals surface area contributed by atoms with Gasteiger partial charge in [-0.25, -0.2) is 4.79 Å². The number of hydrogen-bond acceptors (Lipinski definition) is 4. The molecule has 1 amide bonds. The molecular formula is C23H43N5O2. The normalized spacial score (nSPS) is 21.7. The summed E-state index contributed by atoms with van der Waals surface area (Å²) in [6.45, 7) is 13.2. The minimum Gasteiger partial charge on any atom is -0.444 e. The lowest BCUT2D eigenvalue weighted by Gasteiger charge is -2.40. The zero-order valence-electron chi connectivity index (χ0n) is 19.7. The maximum absolute atomic E-state index is 12.8. The van der Waals surface area contributed by atoms with E-state index < -0.39 is 5.60 Å². The first-order chi connectivity index (χ1) is 14.4. The molecule has 0 aromatic carbocycles. The Hall–Kier alpha value is -1.50. The predicted molar refractivity (Wildman–Crippen MR) is 122 cm³/mol. The molecular weight excluding hydrogens is 378 g/mol. The summed E-state index contributed by atoms with van der Waals surface area (Å²) in [4.78, 5) is 24.3. The number of likely N-dealkylation sites (tertiary alicyclic amines) is 2. The minimum atomic E-state index is -0.444. The van der Waals surface area contributed by atoms with Crippen LogP contribution in [0.3, 0.4) is 0 Å². The van der Waals surface area contributed by atoms with E-state index in [1.807, 2.05) is 32.7 Å². The molecule has 1 saturated carbocycles. The number of guanidine groups is 1. The van der Waals surface area contributed by atoms with Crippen LogP contribution in [0.1, 0.15) is 65.7 Å². The number of piperidine rings is 1. The third kappa shape index (κ3) is 7.33. The Morgan fingerprint density at radius 2 is 1.77 bits per heavy atom. The number of hydrogen-bond donors (Lipinski definition) is 1. The van der Waals surface area contributed by atoms with Gasteiger partial charge in [-0.1, -0.05) is 0 Å². The third-order valence-corrected chi connectivity index (χ3v) is 6.33. The molecule has 2 heterocycles. The summed E-state index contributed by atoms with van der Waals surface area (Å²) in [5.74, 6) is 1.67. The van der Waals surface area contributed by atoms with Crippen LogP contribution < -0.4 is 5.32 Å². The summed E-state index contributed by atoms with van der Waals surface area (Å²) in [5, 5.41) is 3.55. The molecule has 7 heteroatoms. The molecule has 0 aromatic heterocycles. The number of rotatable bonds is 7. The van der Waals surface area contributed by atoms with E-state index in [1.54, 1.807) is 0 Å². The summed E-state index contributed by atoms with van der Waals surface area (Å²) >= 11 is 0. The van der Waals surface area contributed by atoms with Gasteiger partial charge in [-0.3, -0.25) is 4.99 Å². The zero-order chi connectivity index (χ0) is 21.6. The smallest absolute Gasteiger partial charge is 0.410 e. The van der Waals surface area contributed by atoms with Crippen molar-refractivity contribution in [1.29, 1.82) is 0 Å². The molecule has 0 spiro atoms. The number of amides is 1. The van der Waals surface area contributed by atoms with Crippen LogP contribution >= 0.6 is 0 Å². The Labute approximate surface area is 183 Å². The summed E-state index contributed by atoms with van der Waals surface area (Å²) in [6, 6.07) is 0.268. The number of nitrogens with zero attached hydrogens (tertiary/aromatic N) is 4. The molecule has 0 radical (unpaired) electrons. The standard InChI is InChI=1S/C23H43N5O2/c1-23(2,3)30-22(29)28(18-19-8-9-19)20-10-16-27(17-11-20)21(24-4)25-12-7-15-26-13-5-6-14-26/h19-20H,5-18H2,1-4H3,(H,24,25). The maximum atomic E-state index is 12.8. The molecule has 7 nitrogen and oxygen atoms in total. The fourth-order valence-corrected chi connectivity index (χ4v) is 4.50. The molecule has 0 aromatic rings. The van der Waals surface area contributed by atoms with Crippen LogP contribution in [0.4, 0.5) is 4.79 Å². The highest BCUT2D eigenvalue weighted by atomic mass is 16.6. The fraction of sp³-hybridized carbons (Fsp3) is 0.913. The van der Waals surface area contributed by atoms with Gasteiger partial charge in [-0.05, 0) is 91.3 Å². The minimum absolute atomic E-state index is 0.141. The van der Waals surface area contributed by atoms with Crippen molar-refractivity contribution in [2.75, 3.05) is 52.9 Å². The van der Waals surface area contributed by atoms with E-state index in [9.17, 15) is 4.79 Å². The Kier molecular flexibility index (Phi) is 8.26. The van der Waals surface area contributed by atoms with Crippen molar-refractivity contribution in [2.45, 2.75) is 77.4 Å². The molecule has 0 unspecified atom stereocenters. The molecule has 172 valence electrons. The van der Waals surface area contributed by atoms with Crippen LogP contribution in [0.5, 0.6) is 0 Å². The first-order valence-corrected chi connectivity index (χ1v) is 12.0. The van der Waals surface area contributed by atoms with E-state index in [0.29, 0.717) is 5.92 Å². The Morgan fingerprint density at radius 1 is 1.10 bits per heavy atom. The van der Waals surface area contributed by atoms with Gasteiger partial charge < -0.3 is 24.8 Å². The highest BCUT2D eigenvalue weighted by Crippen LogP contribution is 2.32. The van der Waals surface area contributed by atoms with Gasteiger partial charge in [0.05, 0.1) is 0 Å². The molecule has 3 fully saturated rings. The second-order valence-corrected chi connectivity index (χ2v) is 10.2. The summed E-state index contributed by atoms with van der Waals surface area (Å²) in [5.41, 5.74) is -0.444. The second-order valence-electron chi connectivity index (χ2n) is 10.2. The van der Waals surface area contributed by atoms with Gasteiger partial charge in [0.15, 0.2) is 5.96 Å².